The molecular weight excluding hydrogens is 353 g/mol. The van der Waals surface area contributed by atoms with Gasteiger partial charge in [0.05, 0.1) is 12.0 Å². The molecule has 0 fully saturated rings. The van der Waals surface area contributed by atoms with Crippen LogP contribution in [-0.2, 0) is 33.4 Å². The fourth-order valence-electron chi connectivity index (χ4n) is 1.84. The maximum Gasteiger partial charge on any atom is 0.416 e. The lowest BCUT2D eigenvalue weighted by Gasteiger charge is -2.06. The first-order valence-electron chi connectivity index (χ1n) is 7.27. The topological polar surface area (TPSA) is 91.7 Å². The maximum absolute atomic E-state index is 12.1. The lowest BCUT2D eigenvalue weighted by molar-refractivity contribution is -0.148. The predicted octanol–water partition coefficient (Wildman–Crippen LogP) is 3.22. The van der Waals surface area contributed by atoms with Crippen LogP contribution in [0, 0.1) is 0 Å². The highest BCUT2D eigenvalue weighted by atomic mass is 19.4. The highest BCUT2D eigenvalue weighted by Crippen LogP contribution is 2.29. The Balaban J connectivity index is 0.000000263. The summed E-state index contributed by atoms with van der Waals surface area (Å²) < 4.78 is 36.2. The number of hydrogen-bond acceptors (Lipinski definition) is 3. The van der Waals surface area contributed by atoms with Gasteiger partial charge in [0.15, 0.2) is 0 Å². The van der Waals surface area contributed by atoms with Gasteiger partial charge in [-0.05, 0) is 23.3 Å². The van der Waals surface area contributed by atoms with E-state index in [-0.39, 0.29) is 12.8 Å². The van der Waals surface area contributed by atoms with E-state index >= 15 is 0 Å². The van der Waals surface area contributed by atoms with Gasteiger partial charge < -0.3 is 10.2 Å². The van der Waals surface area contributed by atoms with E-state index in [0.717, 1.165) is 29.8 Å². The van der Waals surface area contributed by atoms with Crippen LogP contribution in [0.2, 0.25) is 0 Å². The summed E-state index contributed by atoms with van der Waals surface area (Å²) in [6, 6.07) is 12.9. The molecule has 0 saturated carbocycles. The minimum atomic E-state index is -4.37. The summed E-state index contributed by atoms with van der Waals surface area (Å²) in [6.45, 7) is 0. The zero-order chi connectivity index (χ0) is 19.7. The van der Waals surface area contributed by atoms with Crippen LogP contribution >= 0.6 is 0 Å². The first-order valence-corrected chi connectivity index (χ1v) is 7.27. The van der Waals surface area contributed by atoms with Crippen LogP contribution < -0.4 is 0 Å². The van der Waals surface area contributed by atoms with Gasteiger partial charge in [0.2, 0.25) is 5.78 Å². The summed E-state index contributed by atoms with van der Waals surface area (Å²) in [6.07, 6.45) is -4.67. The van der Waals surface area contributed by atoms with Gasteiger partial charge in [-0.3, -0.25) is 9.59 Å². The minimum Gasteiger partial charge on any atom is -0.481 e. The Bertz CT molecular complexity index is 753. The first kappa shape index (κ1) is 20.9. The van der Waals surface area contributed by atoms with Crippen LogP contribution in [0.5, 0.6) is 0 Å². The van der Waals surface area contributed by atoms with Crippen molar-refractivity contribution in [3.8, 4) is 0 Å². The number of carbonyl (C=O) groups is 3. The number of halogens is 3. The Kier molecular flexibility index (Phi) is 7.52. The van der Waals surface area contributed by atoms with Crippen LogP contribution in [0.3, 0.4) is 0 Å². The Hall–Kier alpha value is -3.16. The van der Waals surface area contributed by atoms with Gasteiger partial charge in [-0.25, -0.2) is 4.79 Å². The molecular formula is C18H15F3O5. The molecule has 0 aliphatic heterocycles. The number of ketones is 1. The van der Waals surface area contributed by atoms with Gasteiger partial charge in [0, 0.05) is 6.42 Å². The Morgan fingerprint density at radius 1 is 0.769 bits per heavy atom. The molecule has 0 heterocycles. The van der Waals surface area contributed by atoms with Crippen molar-refractivity contribution in [2.24, 2.45) is 0 Å². The van der Waals surface area contributed by atoms with Gasteiger partial charge in [-0.2, -0.15) is 13.2 Å². The van der Waals surface area contributed by atoms with Crippen molar-refractivity contribution in [3.05, 3.63) is 71.3 Å². The van der Waals surface area contributed by atoms with E-state index < -0.39 is 29.5 Å². The van der Waals surface area contributed by atoms with Gasteiger partial charge in [-0.15, -0.1) is 0 Å². The molecule has 26 heavy (non-hydrogen) atoms. The first-order chi connectivity index (χ1) is 12.1. The quantitative estimate of drug-likeness (QED) is 0.791. The van der Waals surface area contributed by atoms with E-state index in [4.69, 9.17) is 10.2 Å². The van der Waals surface area contributed by atoms with E-state index in [1.807, 2.05) is 6.07 Å². The number of carbonyl (C=O) groups excluding carboxylic acids is 1. The van der Waals surface area contributed by atoms with Crippen LogP contribution in [0.25, 0.3) is 0 Å². The molecule has 2 N–H and O–H groups in total. The molecule has 138 valence electrons. The molecule has 0 aromatic heterocycles. The van der Waals surface area contributed by atoms with Crippen LogP contribution in [0.1, 0.15) is 16.7 Å². The summed E-state index contributed by atoms with van der Waals surface area (Å²) in [4.78, 5) is 31.1. The molecule has 0 aliphatic carbocycles. The van der Waals surface area contributed by atoms with E-state index in [1.54, 1.807) is 24.3 Å². The monoisotopic (exact) mass is 368 g/mol. The van der Waals surface area contributed by atoms with Crippen molar-refractivity contribution in [3.63, 3.8) is 0 Å². The normalized spacial score (nSPS) is 10.4. The molecule has 2 aromatic carbocycles. The van der Waals surface area contributed by atoms with Crippen molar-refractivity contribution < 1.29 is 37.8 Å². The van der Waals surface area contributed by atoms with Gasteiger partial charge in [-0.1, -0.05) is 42.5 Å². The molecule has 0 amide bonds. The zero-order valence-electron chi connectivity index (χ0n) is 13.4. The molecule has 0 atom stereocenters. The Morgan fingerprint density at radius 2 is 1.27 bits per heavy atom. The number of hydrogen-bond donors (Lipinski definition) is 2. The van der Waals surface area contributed by atoms with Gasteiger partial charge >= 0.3 is 18.1 Å². The van der Waals surface area contributed by atoms with E-state index in [2.05, 4.69) is 0 Å². The van der Waals surface area contributed by atoms with Gasteiger partial charge in [0.25, 0.3) is 0 Å². The fraction of sp³-hybridized carbons (Fsp3) is 0.167. The summed E-state index contributed by atoms with van der Waals surface area (Å²) >= 11 is 0. The number of aliphatic carboxylic acids is 2. The van der Waals surface area contributed by atoms with Crippen LogP contribution in [0.15, 0.2) is 54.6 Å². The van der Waals surface area contributed by atoms with Crippen molar-refractivity contribution in [2.45, 2.75) is 19.0 Å². The summed E-state index contributed by atoms with van der Waals surface area (Å²) in [5.74, 6) is -3.22. The highest BCUT2D eigenvalue weighted by Gasteiger charge is 2.29. The van der Waals surface area contributed by atoms with E-state index in [1.165, 1.54) is 0 Å². The number of rotatable bonds is 5. The number of benzene rings is 2. The molecule has 0 bridgehead atoms. The Morgan fingerprint density at radius 3 is 1.69 bits per heavy atom. The standard InChI is InChI=1S/C9H7F3O2.C9H8O3/c10-9(11,12)7-3-1-6(2-4-7)5-8(13)14;10-8(9(11)12)6-7-4-2-1-3-5-7/h1-4H,5H2,(H,13,14);1-5H,6H2,(H,11,12). The zero-order valence-corrected chi connectivity index (χ0v) is 13.4. The van der Waals surface area contributed by atoms with Crippen LogP contribution in [0.4, 0.5) is 13.2 Å². The minimum absolute atomic E-state index is 0.0316. The summed E-state index contributed by atoms with van der Waals surface area (Å²) in [5.41, 5.74) is 0.307. The van der Waals surface area contributed by atoms with Crippen LogP contribution in [-0.4, -0.2) is 27.9 Å². The lowest BCUT2D eigenvalue weighted by Crippen LogP contribution is -2.14. The van der Waals surface area contributed by atoms with E-state index in [0.29, 0.717) is 5.56 Å². The summed E-state index contributed by atoms with van der Waals surface area (Å²) in [7, 11) is 0. The predicted molar refractivity (Wildman–Crippen MR) is 85.6 cm³/mol. The molecule has 8 heteroatoms. The number of carboxylic acid groups (broad SMARTS) is 2. The maximum atomic E-state index is 12.1. The third-order valence-corrected chi connectivity index (χ3v) is 3.08. The number of Topliss-reactive ketones (excluding diaryl/α,β-unsaturated/α-hetero) is 1. The third-order valence-electron chi connectivity index (χ3n) is 3.08. The van der Waals surface area contributed by atoms with Gasteiger partial charge in [0.1, 0.15) is 0 Å². The molecule has 0 saturated heterocycles. The highest BCUT2D eigenvalue weighted by molar-refractivity contribution is 6.33. The largest absolute Gasteiger partial charge is 0.481 e. The molecule has 2 rings (SSSR count). The summed E-state index contributed by atoms with van der Waals surface area (Å²) in [5, 5.41) is 16.7. The third kappa shape index (κ3) is 7.61. The fourth-order valence-corrected chi connectivity index (χ4v) is 1.84. The second kappa shape index (κ2) is 9.36. The van der Waals surface area contributed by atoms with Crippen molar-refractivity contribution >= 4 is 17.7 Å². The SMILES string of the molecule is O=C(O)C(=O)Cc1ccccc1.O=C(O)Cc1ccc(C(F)(F)F)cc1. The second-order valence-corrected chi connectivity index (χ2v) is 5.16. The average molecular weight is 368 g/mol. The lowest BCUT2D eigenvalue weighted by atomic mass is 10.1. The van der Waals surface area contributed by atoms with Crippen molar-refractivity contribution in [2.75, 3.05) is 0 Å². The molecule has 0 spiro atoms. The van der Waals surface area contributed by atoms with Crippen molar-refractivity contribution in [1.82, 2.24) is 0 Å². The average Bonchev–Trinajstić information content (AvgIpc) is 2.55. The number of carboxylic acids is 2. The second-order valence-electron chi connectivity index (χ2n) is 5.16. The molecule has 2 aromatic rings. The number of alkyl halides is 3. The van der Waals surface area contributed by atoms with E-state index in [9.17, 15) is 27.6 Å². The smallest absolute Gasteiger partial charge is 0.416 e. The molecule has 0 aliphatic rings. The molecule has 0 radical (unpaired) electrons. The van der Waals surface area contributed by atoms with Crippen molar-refractivity contribution in [1.29, 1.82) is 0 Å². The Labute approximate surface area is 146 Å². The molecule has 0 unspecified atom stereocenters. The molecule has 5 nitrogen and oxygen atoms in total.